The van der Waals surface area contributed by atoms with Crippen molar-refractivity contribution in [2.45, 2.75) is 6.54 Å². The lowest BCUT2D eigenvalue weighted by Gasteiger charge is -2.05. The molecule has 0 radical (unpaired) electrons. The standard InChI is InChI=1S/C9H10ClN5/c10-9-13-2-1-8(14-9)12-4-6-15-5-3-11-7-15/h1-3,5,7H,4,6H2,(H,12,13,14). The molecule has 0 unspecified atom stereocenters. The zero-order valence-corrected chi connectivity index (χ0v) is 8.72. The van der Waals surface area contributed by atoms with E-state index in [2.05, 4.69) is 20.3 Å². The zero-order valence-electron chi connectivity index (χ0n) is 7.97. The van der Waals surface area contributed by atoms with Crippen LogP contribution in [0, 0.1) is 0 Å². The van der Waals surface area contributed by atoms with Crippen molar-refractivity contribution in [3.05, 3.63) is 36.3 Å². The van der Waals surface area contributed by atoms with Gasteiger partial charge in [0.15, 0.2) is 0 Å². The van der Waals surface area contributed by atoms with Crippen molar-refractivity contribution in [2.24, 2.45) is 0 Å². The van der Waals surface area contributed by atoms with Crippen LogP contribution in [0.15, 0.2) is 31.0 Å². The molecular formula is C9H10ClN5. The SMILES string of the molecule is Clc1nccc(NCCn2ccnc2)n1. The number of rotatable bonds is 4. The van der Waals surface area contributed by atoms with Crippen LogP contribution in [0.3, 0.4) is 0 Å². The Labute approximate surface area is 92.1 Å². The lowest BCUT2D eigenvalue weighted by atomic mass is 10.5. The van der Waals surface area contributed by atoms with Gasteiger partial charge in [0.2, 0.25) is 5.28 Å². The third-order valence-electron chi connectivity index (χ3n) is 1.86. The Kier molecular flexibility index (Phi) is 3.14. The fourth-order valence-corrected chi connectivity index (χ4v) is 1.31. The quantitative estimate of drug-likeness (QED) is 0.797. The molecular weight excluding hydrogens is 214 g/mol. The monoisotopic (exact) mass is 223 g/mol. The Morgan fingerprint density at radius 3 is 3.07 bits per heavy atom. The van der Waals surface area contributed by atoms with Gasteiger partial charge in [-0.3, -0.25) is 0 Å². The minimum absolute atomic E-state index is 0.252. The van der Waals surface area contributed by atoms with Crippen LogP contribution >= 0.6 is 11.6 Å². The molecule has 0 aromatic carbocycles. The van der Waals surface area contributed by atoms with Crippen LogP contribution in [0.4, 0.5) is 5.82 Å². The maximum atomic E-state index is 5.65. The topological polar surface area (TPSA) is 55.6 Å². The molecule has 2 aromatic heterocycles. The first-order valence-electron chi connectivity index (χ1n) is 4.53. The smallest absolute Gasteiger partial charge is 0.224 e. The van der Waals surface area contributed by atoms with Gasteiger partial charge < -0.3 is 9.88 Å². The van der Waals surface area contributed by atoms with Crippen molar-refractivity contribution < 1.29 is 0 Å². The molecule has 0 aliphatic carbocycles. The molecule has 0 atom stereocenters. The van der Waals surface area contributed by atoms with E-state index in [-0.39, 0.29) is 5.28 Å². The van der Waals surface area contributed by atoms with Crippen molar-refractivity contribution >= 4 is 17.4 Å². The lowest BCUT2D eigenvalue weighted by Crippen LogP contribution is -2.10. The number of halogens is 1. The van der Waals surface area contributed by atoms with Crippen LogP contribution in [0.25, 0.3) is 0 Å². The average molecular weight is 224 g/mol. The van der Waals surface area contributed by atoms with Crippen LogP contribution in [0.5, 0.6) is 0 Å². The molecule has 2 rings (SSSR count). The third kappa shape index (κ3) is 2.92. The predicted octanol–water partition coefficient (Wildman–Crippen LogP) is 1.44. The van der Waals surface area contributed by atoms with Gasteiger partial charge in [-0.25, -0.2) is 15.0 Å². The van der Waals surface area contributed by atoms with Gasteiger partial charge in [-0.15, -0.1) is 0 Å². The molecule has 0 bridgehead atoms. The summed E-state index contributed by atoms with van der Waals surface area (Å²) < 4.78 is 1.98. The molecule has 0 spiro atoms. The number of hydrogen-bond acceptors (Lipinski definition) is 4. The average Bonchev–Trinajstić information content (AvgIpc) is 2.71. The van der Waals surface area contributed by atoms with Crippen LogP contribution in [-0.2, 0) is 6.54 Å². The maximum absolute atomic E-state index is 5.65. The van der Waals surface area contributed by atoms with E-state index in [1.54, 1.807) is 24.8 Å². The van der Waals surface area contributed by atoms with E-state index in [0.29, 0.717) is 0 Å². The Balaban J connectivity index is 1.83. The van der Waals surface area contributed by atoms with Gasteiger partial charge in [0.25, 0.3) is 0 Å². The van der Waals surface area contributed by atoms with Gasteiger partial charge in [-0.05, 0) is 17.7 Å². The summed E-state index contributed by atoms with van der Waals surface area (Å²) in [6, 6.07) is 1.78. The van der Waals surface area contributed by atoms with E-state index in [1.165, 1.54) is 0 Å². The summed E-state index contributed by atoms with van der Waals surface area (Å²) in [5.74, 6) is 0.732. The summed E-state index contributed by atoms with van der Waals surface area (Å²) in [6.45, 7) is 1.60. The number of hydrogen-bond donors (Lipinski definition) is 1. The summed E-state index contributed by atoms with van der Waals surface area (Å²) in [5, 5.41) is 3.39. The van der Waals surface area contributed by atoms with E-state index < -0.39 is 0 Å². The highest BCUT2D eigenvalue weighted by Gasteiger charge is 1.95. The van der Waals surface area contributed by atoms with Crippen molar-refractivity contribution in [3.63, 3.8) is 0 Å². The van der Waals surface area contributed by atoms with Crippen molar-refractivity contribution in [2.75, 3.05) is 11.9 Å². The summed E-state index contributed by atoms with van der Waals surface area (Å²) >= 11 is 5.65. The molecule has 15 heavy (non-hydrogen) atoms. The van der Waals surface area contributed by atoms with Crippen molar-refractivity contribution in [1.29, 1.82) is 0 Å². The fourth-order valence-electron chi connectivity index (χ4n) is 1.17. The Hall–Kier alpha value is -1.62. The van der Waals surface area contributed by atoms with Crippen LogP contribution in [0.1, 0.15) is 0 Å². The summed E-state index contributed by atoms with van der Waals surface area (Å²) in [5.41, 5.74) is 0. The molecule has 0 amide bonds. The van der Waals surface area contributed by atoms with Gasteiger partial charge >= 0.3 is 0 Å². The normalized spacial score (nSPS) is 10.2. The molecule has 0 aliphatic heterocycles. The molecule has 2 heterocycles. The first-order valence-corrected chi connectivity index (χ1v) is 4.90. The minimum atomic E-state index is 0.252. The number of nitrogens with one attached hydrogen (secondary N) is 1. The summed E-state index contributed by atoms with van der Waals surface area (Å²) in [4.78, 5) is 11.8. The molecule has 0 saturated carbocycles. The van der Waals surface area contributed by atoms with E-state index in [0.717, 1.165) is 18.9 Å². The van der Waals surface area contributed by atoms with Gasteiger partial charge in [0.05, 0.1) is 6.33 Å². The molecule has 78 valence electrons. The first-order chi connectivity index (χ1) is 7.34. The molecule has 0 saturated heterocycles. The second-order valence-electron chi connectivity index (χ2n) is 2.94. The van der Waals surface area contributed by atoms with Crippen LogP contribution < -0.4 is 5.32 Å². The van der Waals surface area contributed by atoms with Crippen LogP contribution in [-0.4, -0.2) is 26.1 Å². The van der Waals surface area contributed by atoms with Gasteiger partial charge in [0, 0.05) is 31.7 Å². The molecule has 2 aromatic rings. The second-order valence-corrected chi connectivity index (χ2v) is 3.28. The highest BCUT2D eigenvalue weighted by atomic mass is 35.5. The Morgan fingerprint density at radius 2 is 2.33 bits per heavy atom. The molecule has 0 aliphatic rings. The zero-order chi connectivity index (χ0) is 10.5. The van der Waals surface area contributed by atoms with Gasteiger partial charge in [-0.1, -0.05) is 0 Å². The minimum Gasteiger partial charge on any atom is -0.368 e. The van der Waals surface area contributed by atoms with E-state index in [9.17, 15) is 0 Å². The van der Waals surface area contributed by atoms with Crippen LogP contribution in [0.2, 0.25) is 5.28 Å². The molecule has 6 heteroatoms. The van der Waals surface area contributed by atoms with E-state index in [4.69, 9.17) is 11.6 Å². The maximum Gasteiger partial charge on any atom is 0.224 e. The number of nitrogens with zero attached hydrogens (tertiary/aromatic N) is 4. The predicted molar refractivity (Wildman–Crippen MR) is 57.8 cm³/mol. The molecule has 5 nitrogen and oxygen atoms in total. The first kappa shape index (κ1) is 9.92. The lowest BCUT2D eigenvalue weighted by molar-refractivity contribution is 0.725. The molecule has 0 fully saturated rings. The van der Waals surface area contributed by atoms with E-state index in [1.807, 2.05) is 10.8 Å². The Bertz CT molecular complexity index is 414. The Morgan fingerprint density at radius 1 is 1.40 bits per heavy atom. The highest BCUT2D eigenvalue weighted by molar-refractivity contribution is 6.28. The summed E-state index contributed by atoms with van der Waals surface area (Å²) in [7, 11) is 0. The highest BCUT2D eigenvalue weighted by Crippen LogP contribution is 2.05. The van der Waals surface area contributed by atoms with Crippen molar-refractivity contribution in [3.8, 4) is 0 Å². The van der Waals surface area contributed by atoms with E-state index >= 15 is 0 Å². The number of aromatic nitrogens is 4. The number of imidazole rings is 1. The van der Waals surface area contributed by atoms with Gasteiger partial charge in [0.1, 0.15) is 5.82 Å². The molecule has 1 N–H and O–H groups in total. The van der Waals surface area contributed by atoms with Gasteiger partial charge in [-0.2, -0.15) is 0 Å². The third-order valence-corrected chi connectivity index (χ3v) is 2.04. The van der Waals surface area contributed by atoms with Crippen molar-refractivity contribution in [1.82, 2.24) is 19.5 Å². The fraction of sp³-hybridized carbons (Fsp3) is 0.222. The largest absolute Gasteiger partial charge is 0.368 e. The second kappa shape index (κ2) is 4.75. The number of anilines is 1. The summed E-state index contributed by atoms with van der Waals surface area (Å²) in [6.07, 6.45) is 7.06.